The van der Waals surface area contributed by atoms with Gasteiger partial charge in [-0.25, -0.2) is 15.0 Å². The van der Waals surface area contributed by atoms with Gasteiger partial charge in [0.05, 0.1) is 24.7 Å². The number of anilines is 1. The highest BCUT2D eigenvalue weighted by atomic mass is 31.2. The summed E-state index contributed by atoms with van der Waals surface area (Å²) in [6.07, 6.45) is -0.681. The molecule has 0 radical (unpaired) electrons. The molecule has 0 aliphatic carbocycles. The maximum atomic E-state index is 12.6. The van der Waals surface area contributed by atoms with Gasteiger partial charge in [-0.1, -0.05) is 13.8 Å². The van der Waals surface area contributed by atoms with Gasteiger partial charge in [-0.15, -0.1) is 0 Å². The smallest absolute Gasteiger partial charge is 0.356 e. The standard InChI is InChI=1S/C17H28N5O7P/c1-4-11(25)30(26,27)29-17(3,5-2)9-7-28-16(10(24)6-23)22-14(9)21-12-13(18)19-8-20-15(12)22/h8-11,16,23-25H,4-7H2,1-3H3,(H,26,27)(H2,18,19,20)/t9-,10-,11?,16?,17?/m1/s1. The summed E-state index contributed by atoms with van der Waals surface area (Å²) in [6.45, 7) is 4.39. The van der Waals surface area contributed by atoms with E-state index in [2.05, 4.69) is 15.0 Å². The van der Waals surface area contributed by atoms with Crippen molar-refractivity contribution in [3.05, 3.63) is 12.2 Å². The molecule has 1 aliphatic heterocycles. The average molecular weight is 445 g/mol. The van der Waals surface area contributed by atoms with Gasteiger partial charge in [-0.2, -0.15) is 0 Å². The Morgan fingerprint density at radius 2 is 2.13 bits per heavy atom. The molecule has 3 rings (SSSR count). The Bertz CT molecular complexity index is 956. The highest BCUT2D eigenvalue weighted by Gasteiger charge is 2.48. The van der Waals surface area contributed by atoms with Crippen molar-refractivity contribution in [1.29, 1.82) is 0 Å². The zero-order valence-electron chi connectivity index (χ0n) is 17.0. The van der Waals surface area contributed by atoms with Crippen molar-refractivity contribution in [2.75, 3.05) is 18.9 Å². The lowest BCUT2D eigenvalue weighted by atomic mass is 9.86. The number of fused-ring (bicyclic) bond motifs is 3. The van der Waals surface area contributed by atoms with E-state index < -0.39 is 43.9 Å². The van der Waals surface area contributed by atoms with Gasteiger partial charge in [0.2, 0.25) is 0 Å². The van der Waals surface area contributed by atoms with Crippen LogP contribution >= 0.6 is 7.60 Å². The Morgan fingerprint density at radius 1 is 1.43 bits per heavy atom. The molecule has 0 saturated carbocycles. The molecule has 4 unspecified atom stereocenters. The number of nitrogens with two attached hydrogens (primary N) is 1. The van der Waals surface area contributed by atoms with E-state index in [1.54, 1.807) is 20.8 Å². The third-order valence-corrected chi connectivity index (χ3v) is 7.37. The van der Waals surface area contributed by atoms with Crippen LogP contribution in [0, 0.1) is 0 Å². The van der Waals surface area contributed by atoms with Crippen LogP contribution < -0.4 is 5.73 Å². The first-order valence-electron chi connectivity index (χ1n) is 9.69. The first-order valence-corrected chi connectivity index (χ1v) is 11.3. The normalized spacial score (nSPS) is 25.3. The van der Waals surface area contributed by atoms with E-state index in [0.29, 0.717) is 17.9 Å². The van der Waals surface area contributed by atoms with Gasteiger partial charge in [0.1, 0.15) is 18.3 Å². The number of hydrogen-bond donors (Lipinski definition) is 5. The molecule has 6 atom stereocenters. The van der Waals surface area contributed by atoms with Gasteiger partial charge in [0.25, 0.3) is 0 Å². The Balaban J connectivity index is 2.14. The van der Waals surface area contributed by atoms with Crippen LogP contribution in [-0.2, 0) is 13.8 Å². The predicted molar refractivity (Wildman–Crippen MR) is 106 cm³/mol. The minimum absolute atomic E-state index is 0.0229. The molecular weight excluding hydrogens is 417 g/mol. The quantitative estimate of drug-likeness (QED) is 0.356. The van der Waals surface area contributed by atoms with Crippen LogP contribution in [0.5, 0.6) is 0 Å². The van der Waals surface area contributed by atoms with E-state index in [9.17, 15) is 24.8 Å². The van der Waals surface area contributed by atoms with Crippen LogP contribution in [0.25, 0.3) is 11.2 Å². The Kier molecular flexibility index (Phi) is 6.49. The van der Waals surface area contributed by atoms with Crippen LogP contribution in [0.3, 0.4) is 0 Å². The highest BCUT2D eigenvalue weighted by Crippen LogP contribution is 2.55. The largest absolute Gasteiger partial charge is 0.394 e. The lowest BCUT2D eigenvalue weighted by molar-refractivity contribution is -0.133. The minimum atomic E-state index is -4.36. The summed E-state index contributed by atoms with van der Waals surface area (Å²) in [5.41, 5.74) is 5.25. The van der Waals surface area contributed by atoms with Crippen molar-refractivity contribution >= 4 is 24.6 Å². The number of ether oxygens (including phenoxy) is 1. The summed E-state index contributed by atoms with van der Waals surface area (Å²) in [6, 6.07) is 0. The van der Waals surface area contributed by atoms with Crippen molar-refractivity contribution in [1.82, 2.24) is 19.5 Å². The molecule has 0 spiro atoms. The third kappa shape index (κ3) is 3.84. The van der Waals surface area contributed by atoms with Gasteiger partial charge in [-0.3, -0.25) is 13.7 Å². The molecule has 0 saturated heterocycles. The van der Waals surface area contributed by atoms with Crippen molar-refractivity contribution in [2.24, 2.45) is 0 Å². The van der Waals surface area contributed by atoms with E-state index in [0.717, 1.165) is 0 Å². The SMILES string of the molecule is CCC(O)P(=O)(O)OC(C)(CC)[C@@H]1COC([C@H](O)CO)n2c1nc1c(N)ncnc12. The molecule has 0 amide bonds. The zero-order valence-corrected chi connectivity index (χ0v) is 17.9. The summed E-state index contributed by atoms with van der Waals surface area (Å²) < 4.78 is 25.6. The van der Waals surface area contributed by atoms with Crippen LogP contribution in [0.15, 0.2) is 6.33 Å². The van der Waals surface area contributed by atoms with Gasteiger partial charge in [0.15, 0.2) is 29.1 Å². The fourth-order valence-electron chi connectivity index (χ4n) is 3.57. The molecule has 12 nitrogen and oxygen atoms in total. The third-order valence-electron chi connectivity index (χ3n) is 5.57. The first-order chi connectivity index (χ1) is 14.1. The highest BCUT2D eigenvalue weighted by molar-refractivity contribution is 7.53. The van der Waals surface area contributed by atoms with Crippen LogP contribution in [0.2, 0.25) is 0 Å². The van der Waals surface area contributed by atoms with E-state index in [4.69, 9.17) is 15.0 Å². The van der Waals surface area contributed by atoms with E-state index in [1.165, 1.54) is 10.9 Å². The van der Waals surface area contributed by atoms with Gasteiger partial charge in [0, 0.05) is 0 Å². The number of aliphatic hydroxyl groups is 3. The fraction of sp³-hybridized carbons (Fsp3) is 0.706. The second kappa shape index (κ2) is 8.46. The molecule has 6 N–H and O–H groups in total. The molecule has 2 aromatic heterocycles. The van der Waals surface area contributed by atoms with Crippen molar-refractivity contribution in [3.8, 4) is 0 Å². The lowest BCUT2D eigenvalue weighted by Gasteiger charge is -2.42. The maximum Gasteiger partial charge on any atom is 0.356 e. The predicted octanol–water partition coefficient (Wildman–Crippen LogP) is 0.473. The molecule has 0 aromatic carbocycles. The lowest BCUT2D eigenvalue weighted by Crippen LogP contribution is -2.45. The van der Waals surface area contributed by atoms with E-state index in [-0.39, 0.29) is 24.4 Å². The molecule has 13 heteroatoms. The number of aromatic nitrogens is 4. The molecule has 0 bridgehead atoms. The van der Waals surface area contributed by atoms with Gasteiger partial charge >= 0.3 is 7.60 Å². The number of nitrogen functional groups attached to an aromatic ring is 1. The number of imidazole rings is 1. The van der Waals surface area contributed by atoms with Gasteiger partial charge in [-0.05, 0) is 19.8 Å². The summed E-state index contributed by atoms with van der Waals surface area (Å²) in [5.74, 6) is -1.72. The Hall–Kier alpha value is -1.66. The Labute approximate surface area is 173 Å². The van der Waals surface area contributed by atoms with Crippen LogP contribution in [0.1, 0.15) is 51.6 Å². The number of rotatable bonds is 8. The maximum absolute atomic E-state index is 12.6. The number of aliphatic hydroxyl groups excluding tert-OH is 3. The van der Waals surface area contributed by atoms with Crippen LogP contribution in [0.4, 0.5) is 5.82 Å². The molecule has 1 aliphatic rings. The zero-order chi connectivity index (χ0) is 22.3. The van der Waals surface area contributed by atoms with Crippen molar-refractivity contribution in [2.45, 2.75) is 63.3 Å². The average Bonchev–Trinajstić information content (AvgIpc) is 3.12. The molecular formula is C17H28N5O7P. The molecule has 3 heterocycles. The molecule has 30 heavy (non-hydrogen) atoms. The second-order valence-electron chi connectivity index (χ2n) is 7.51. The summed E-state index contributed by atoms with van der Waals surface area (Å²) in [7, 11) is -4.36. The van der Waals surface area contributed by atoms with Gasteiger partial charge < -0.3 is 30.7 Å². The Morgan fingerprint density at radius 3 is 2.73 bits per heavy atom. The number of nitrogens with zero attached hydrogens (tertiary/aromatic N) is 4. The van der Waals surface area contributed by atoms with E-state index in [1.807, 2.05) is 0 Å². The fourth-order valence-corrected chi connectivity index (χ4v) is 5.01. The minimum Gasteiger partial charge on any atom is -0.394 e. The van der Waals surface area contributed by atoms with Crippen LogP contribution in [-0.4, -0.2) is 70.5 Å². The van der Waals surface area contributed by atoms with Crippen molar-refractivity contribution < 1.29 is 34.0 Å². The summed E-state index contributed by atoms with van der Waals surface area (Å²) in [5, 5.41) is 29.7. The molecule has 168 valence electrons. The topological polar surface area (TPSA) is 186 Å². The molecule has 0 fully saturated rings. The van der Waals surface area contributed by atoms with E-state index >= 15 is 0 Å². The number of hydrogen-bond acceptors (Lipinski definition) is 10. The second-order valence-corrected chi connectivity index (χ2v) is 9.41. The van der Waals surface area contributed by atoms with Crippen molar-refractivity contribution in [3.63, 3.8) is 0 Å². The monoisotopic (exact) mass is 445 g/mol. The summed E-state index contributed by atoms with van der Waals surface area (Å²) in [4.78, 5) is 23.0. The molecule has 2 aromatic rings. The summed E-state index contributed by atoms with van der Waals surface area (Å²) >= 11 is 0. The first kappa shape index (κ1) is 23.0.